The Labute approximate surface area is 142 Å². The van der Waals surface area contributed by atoms with Crippen LogP contribution in [-0.2, 0) is 16.5 Å². The molecule has 2 N–H and O–H groups in total. The van der Waals surface area contributed by atoms with Crippen LogP contribution in [0.2, 0.25) is 0 Å². The summed E-state index contributed by atoms with van der Waals surface area (Å²) in [5, 5.41) is 5.19. The van der Waals surface area contributed by atoms with E-state index in [0.29, 0.717) is 24.4 Å². The van der Waals surface area contributed by atoms with Gasteiger partial charge in [0.1, 0.15) is 10.6 Å². The Morgan fingerprint density at radius 2 is 1.71 bits per heavy atom. The summed E-state index contributed by atoms with van der Waals surface area (Å²) in [6, 6.07) is 12.5. The van der Waals surface area contributed by atoms with Crippen molar-refractivity contribution >= 4 is 21.8 Å². The van der Waals surface area contributed by atoms with Gasteiger partial charge >= 0.3 is 16.1 Å². The molecule has 128 valence electrons. The maximum atomic E-state index is 12.4. The molecule has 6 nitrogen and oxygen atoms in total. The lowest BCUT2D eigenvalue weighted by atomic mass is 10.1. The molecule has 2 rings (SSSR count). The summed E-state index contributed by atoms with van der Waals surface area (Å²) < 4.78 is 30.0. The van der Waals surface area contributed by atoms with Gasteiger partial charge in [-0.05, 0) is 49.2 Å². The van der Waals surface area contributed by atoms with Crippen LogP contribution in [-0.4, -0.2) is 21.0 Å². The number of carbonyl (C=O) groups excluding carboxylic acids is 1. The predicted octanol–water partition coefficient (Wildman–Crippen LogP) is 3.16. The standard InChI is InChI=1S/C17H20N2O4S/c1-3-13-7-5-6-8-16(13)23-24(21,22)15-11-9-14(10-12-15)19-17(20)18-4-2/h5-12H,3-4H2,1-2H3,(H2,18,19,20). The van der Waals surface area contributed by atoms with Gasteiger partial charge < -0.3 is 14.8 Å². The van der Waals surface area contributed by atoms with Crippen LogP contribution in [0.25, 0.3) is 0 Å². The third-order valence-corrected chi connectivity index (χ3v) is 4.54. The van der Waals surface area contributed by atoms with E-state index in [9.17, 15) is 13.2 Å². The second kappa shape index (κ2) is 7.83. The third kappa shape index (κ3) is 4.48. The highest BCUT2D eigenvalue weighted by Gasteiger charge is 2.18. The van der Waals surface area contributed by atoms with Crippen LogP contribution >= 0.6 is 0 Å². The molecule has 0 aliphatic rings. The quantitative estimate of drug-likeness (QED) is 0.785. The van der Waals surface area contributed by atoms with E-state index in [2.05, 4.69) is 10.6 Å². The Morgan fingerprint density at radius 1 is 1.04 bits per heavy atom. The molecular weight excluding hydrogens is 328 g/mol. The van der Waals surface area contributed by atoms with Gasteiger partial charge in [-0.15, -0.1) is 0 Å². The molecule has 0 radical (unpaired) electrons. The first-order chi connectivity index (χ1) is 11.5. The molecule has 0 atom stereocenters. The van der Waals surface area contributed by atoms with E-state index in [4.69, 9.17) is 4.18 Å². The van der Waals surface area contributed by atoms with E-state index in [1.54, 1.807) is 19.1 Å². The Morgan fingerprint density at radius 3 is 2.33 bits per heavy atom. The van der Waals surface area contributed by atoms with Gasteiger partial charge in [-0.1, -0.05) is 25.1 Å². The van der Waals surface area contributed by atoms with Gasteiger partial charge in [-0.3, -0.25) is 0 Å². The van der Waals surface area contributed by atoms with Gasteiger partial charge in [0.25, 0.3) is 0 Å². The van der Waals surface area contributed by atoms with Crippen molar-refractivity contribution < 1.29 is 17.4 Å². The largest absolute Gasteiger partial charge is 0.379 e. The van der Waals surface area contributed by atoms with Gasteiger partial charge in [-0.25, -0.2) is 4.79 Å². The molecule has 0 aliphatic heterocycles. The Balaban J connectivity index is 2.16. The second-order valence-corrected chi connectivity index (χ2v) is 6.55. The molecule has 0 saturated carbocycles. The highest BCUT2D eigenvalue weighted by atomic mass is 32.2. The van der Waals surface area contributed by atoms with Gasteiger partial charge in [0.15, 0.2) is 0 Å². The smallest absolute Gasteiger partial charge is 0.339 e. The minimum Gasteiger partial charge on any atom is -0.379 e. The molecule has 0 bridgehead atoms. The highest BCUT2D eigenvalue weighted by Crippen LogP contribution is 2.24. The van der Waals surface area contributed by atoms with Crippen LogP contribution in [0.5, 0.6) is 5.75 Å². The van der Waals surface area contributed by atoms with Gasteiger partial charge in [0, 0.05) is 12.2 Å². The van der Waals surface area contributed by atoms with E-state index < -0.39 is 10.1 Å². The SMILES string of the molecule is CCNC(=O)Nc1ccc(S(=O)(=O)Oc2ccccc2CC)cc1. The lowest BCUT2D eigenvalue weighted by Gasteiger charge is -2.11. The van der Waals surface area contributed by atoms with Crippen molar-refractivity contribution in [3.8, 4) is 5.75 Å². The van der Waals surface area contributed by atoms with Crippen LogP contribution in [0.3, 0.4) is 0 Å². The Kier molecular flexibility index (Phi) is 5.81. The monoisotopic (exact) mass is 348 g/mol. The molecule has 24 heavy (non-hydrogen) atoms. The first kappa shape index (κ1) is 17.8. The van der Waals surface area contributed by atoms with Gasteiger partial charge in [0.05, 0.1) is 0 Å². The molecule has 2 amide bonds. The molecule has 0 aliphatic carbocycles. The van der Waals surface area contributed by atoms with Crippen LogP contribution in [0.15, 0.2) is 53.4 Å². The van der Waals surface area contributed by atoms with E-state index in [-0.39, 0.29) is 10.9 Å². The van der Waals surface area contributed by atoms with Crippen LogP contribution < -0.4 is 14.8 Å². The number of aryl methyl sites for hydroxylation is 1. The number of benzene rings is 2. The molecule has 0 saturated heterocycles. The van der Waals surface area contributed by atoms with Crippen molar-refractivity contribution in [2.75, 3.05) is 11.9 Å². The zero-order valence-corrected chi connectivity index (χ0v) is 14.4. The van der Waals surface area contributed by atoms with Crippen molar-refractivity contribution in [2.24, 2.45) is 0 Å². The average Bonchev–Trinajstić information content (AvgIpc) is 2.55. The van der Waals surface area contributed by atoms with E-state index in [1.807, 2.05) is 19.1 Å². The molecular formula is C17H20N2O4S. The number of hydrogen-bond acceptors (Lipinski definition) is 4. The van der Waals surface area contributed by atoms with E-state index in [0.717, 1.165) is 5.56 Å². The molecule has 2 aromatic rings. The van der Waals surface area contributed by atoms with Crippen molar-refractivity contribution in [3.05, 3.63) is 54.1 Å². The number of urea groups is 1. The number of anilines is 1. The van der Waals surface area contributed by atoms with Gasteiger partial charge in [0.2, 0.25) is 0 Å². The summed E-state index contributed by atoms with van der Waals surface area (Å²) in [5.74, 6) is 0.324. The molecule has 0 heterocycles. The van der Waals surface area contributed by atoms with Crippen LogP contribution in [0.4, 0.5) is 10.5 Å². The summed E-state index contributed by atoms with van der Waals surface area (Å²) in [4.78, 5) is 11.5. The van der Waals surface area contributed by atoms with E-state index >= 15 is 0 Å². The minimum absolute atomic E-state index is 0.0230. The van der Waals surface area contributed by atoms with Crippen LogP contribution in [0.1, 0.15) is 19.4 Å². The number of carbonyl (C=O) groups is 1. The lowest BCUT2D eigenvalue weighted by Crippen LogP contribution is -2.28. The highest BCUT2D eigenvalue weighted by molar-refractivity contribution is 7.87. The van der Waals surface area contributed by atoms with Crippen molar-refractivity contribution in [1.29, 1.82) is 0 Å². The fourth-order valence-corrected chi connectivity index (χ4v) is 3.05. The zero-order chi connectivity index (χ0) is 17.6. The summed E-state index contributed by atoms with van der Waals surface area (Å²) >= 11 is 0. The Hall–Kier alpha value is -2.54. The summed E-state index contributed by atoms with van der Waals surface area (Å²) in [7, 11) is -3.93. The molecule has 2 aromatic carbocycles. The summed E-state index contributed by atoms with van der Waals surface area (Å²) in [5.41, 5.74) is 1.31. The van der Waals surface area contributed by atoms with Crippen molar-refractivity contribution in [2.45, 2.75) is 25.2 Å². The summed E-state index contributed by atoms with van der Waals surface area (Å²) in [6.07, 6.45) is 0.668. The maximum Gasteiger partial charge on any atom is 0.339 e. The number of amides is 2. The number of hydrogen-bond donors (Lipinski definition) is 2. The lowest BCUT2D eigenvalue weighted by molar-refractivity contribution is 0.252. The second-order valence-electron chi connectivity index (χ2n) is 5.01. The predicted molar refractivity (Wildman–Crippen MR) is 92.8 cm³/mol. The number of para-hydroxylation sites is 1. The zero-order valence-electron chi connectivity index (χ0n) is 13.6. The Bertz CT molecular complexity index is 802. The van der Waals surface area contributed by atoms with E-state index in [1.165, 1.54) is 24.3 Å². The average molecular weight is 348 g/mol. The first-order valence-electron chi connectivity index (χ1n) is 7.63. The summed E-state index contributed by atoms with van der Waals surface area (Å²) in [6.45, 7) is 4.24. The minimum atomic E-state index is -3.93. The molecule has 0 spiro atoms. The molecule has 0 aromatic heterocycles. The maximum absolute atomic E-state index is 12.4. The van der Waals surface area contributed by atoms with Crippen LogP contribution in [0, 0.1) is 0 Å². The molecule has 0 unspecified atom stereocenters. The molecule has 7 heteroatoms. The number of nitrogens with one attached hydrogen (secondary N) is 2. The van der Waals surface area contributed by atoms with Gasteiger partial charge in [-0.2, -0.15) is 8.42 Å². The topological polar surface area (TPSA) is 84.5 Å². The van der Waals surface area contributed by atoms with Crippen molar-refractivity contribution in [3.63, 3.8) is 0 Å². The normalized spacial score (nSPS) is 10.9. The fourth-order valence-electron chi connectivity index (χ4n) is 2.08. The first-order valence-corrected chi connectivity index (χ1v) is 9.04. The van der Waals surface area contributed by atoms with Crippen molar-refractivity contribution in [1.82, 2.24) is 5.32 Å². The fraction of sp³-hybridized carbons (Fsp3) is 0.235. The third-order valence-electron chi connectivity index (χ3n) is 3.29. The molecule has 0 fully saturated rings. The number of rotatable bonds is 6.